The number of rotatable bonds is 3. The Morgan fingerprint density at radius 3 is 2.46 bits per heavy atom. The fourth-order valence-electron chi connectivity index (χ4n) is 1.06. The minimum absolute atomic E-state index is 0.157. The van der Waals surface area contributed by atoms with Gasteiger partial charge in [-0.05, 0) is 38.5 Å². The molecule has 0 unspecified atom stereocenters. The first-order valence-electron chi connectivity index (χ1n) is 4.30. The molecule has 2 nitrogen and oxygen atoms in total. The van der Waals surface area contributed by atoms with Gasteiger partial charge in [0.05, 0.1) is 13.2 Å². The SMILES string of the molecule is [CH2]c1ccc(OC(C)C)c(OC)c1. The fraction of sp³-hybridized carbons (Fsp3) is 0.364. The van der Waals surface area contributed by atoms with Crippen LogP contribution in [0.15, 0.2) is 18.2 Å². The second-order valence-electron chi connectivity index (χ2n) is 3.15. The van der Waals surface area contributed by atoms with E-state index in [9.17, 15) is 0 Å². The molecule has 13 heavy (non-hydrogen) atoms. The molecule has 0 spiro atoms. The topological polar surface area (TPSA) is 18.5 Å². The molecule has 2 heteroatoms. The monoisotopic (exact) mass is 179 g/mol. The summed E-state index contributed by atoms with van der Waals surface area (Å²) in [5.41, 5.74) is 0.924. The minimum Gasteiger partial charge on any atom is -0.493 e. The van der Waals surface area contributed by atoms with Crippen molar-refractivity contribution in [3.05, 3.63) is 30.7 Å². The van der Waals surface area contributed by atoms with Gasteiger partial charge in [0.1, 0.15) is 0 Å². The summed E-state index contributed by atoms with van der Waals surface area (Å²) in [6.07, 6.45) is 0.157. The molecule has 0 N–H and O–H groups in total. The zero-order valence-electron chi connectivity index (χ0n) is 8.33. The molecule has 71 valence electrons. The summed E-state index contributed by atoms with van der Waals surface area (Å²) in [4.78, 5) is 0. The molecule has 1 aromatic carbocycles. The number of ether oxygens (including phenoxy) is 2. The largest absolute Gasteiger partial charge is 0.493 e. The van der Waals surface area contributed by atoms with Crippen LogP contribution >= 0.6 is 0 Å². The van der Waals surface area contributed by atoms with Crippen LogP contribution < -0.4 is 9.47 Å². The molecule has 1 rings (SSSR count). The number of benzene rings is 1. The Balaban J connectivity index is 2.92. The van der Waals surface area contributed by atoms with Gasteiger partial charge in [-0.2, -0.15) is 0 Å². The van der Waals surface area contributed by atoms with E-state index in [1.165, 1.54) is 0 Å². The van der Waals surface area contributed by atoms with Crippen LogP contribution in [0, 0.1) is 6.92 Å². The third-order valence-electron chi connectivity index (χ3n) is 1.59. The molecular formula is C11H15O2. The summed E-state index contributed by atoms with van der Waals surface area (Å²) in [6, 6.07) is 5.64. The smallest absolute Gasteiger partial charge is 0.161 e. The second kappa shape index (κ2) is 4.17. The Labute approximate surface area is 79.5 Å². The zero-order chi connectivity index (χ0) is 9.84. The lowest BCUT2D eigenvalue weighted by molar-refractivity contribution is 0.230. The Morgan fingerprint density at radius 1 is 1.23 bits per heavy atom. The van der Waals surface area contributed by atoms with Crippen molar-refractivity contribution in [2.45, 2.75) is 20.0 Å². The predicted molar refractivity (Wildman–Crippen MR) is 53.2 cm³/mol. The van der Waals surface area contributed by atoms with E-state index in [4.69, 9.17) is 9.47 Å². The van der Waals surface area contributed by atoms with Crippen molar-refractivity contribution in [3.63, 3.8) is 0 Å². The summed E-state index contributed by atoms with van der Waals surface area (Å²) in [5, 5.41) is 0. The minimum atomic E-state index is 0.157. The summed E-state index contributed by atoms with van der Waals surface area (Å²) < 4.78 is 10.7. The lowest BCUT2D eigenvalue weighted by Gasteiger charge is -2.13. The molecule has 0 fully saturated rings. The van der Waals surface area contributed by atoms with Crippen molar-refractivity contribution < 1.29 is 9.47 Å². The van der Waals surface area contributed by atoms with E-state index in [2.05, 4.69) is 6.92 Å². The van der Waals surface area contributed by atoms with E-state index >= 15 is 0 Å². The van der Waals surface area contributed by atoms with E-state index in [0.717, 1.165) is 17.1 Å². The van der Waals surface area contributed by atoms with E-state index < -0.39 is 0 Å². The second-order valence-corrected chi connectivity index (χ2v) is 3.15. The maximum Gasteiger partial charge on any atom is 0.161 e. The highest BCUT2D eigenvalue weighted by Crippen LogP contribution is 2.28. The highest BCUT2D eigenvalue weighted by Gasteiger charge is 2.05. The van der Waals surface area contributed by atoms with Gasteiger partial charge in [-0.1, -0.05) is 6.07 Å². The molecule has 1 aromatic rings. The molecule has 0 saturated heterocycles. The van der Waals surface area contributed by atoms with Gasteiger partial charge in [-0.25, -0.2) is 0 Å². The molecule has 0 heterocycles. The van der Waals surface area contributed by atoms with Crippen molar-refractivity contribution in [1.82, 2.24) is 0 Å². The molecule has 0 bridgehead atoms. The molecule has 0 aliphatic heterocycles. The van der Waals surface area contributed by atoms with Gasteiger partial charge in [-0.3, -0.25) is 0 Å². The van der Waals surface area contributed by atoms with Crippen LogP contribution in [0.1, 0.15) is 19.4 Å². The summed E-state index contributed by atoms with van der Waals surface area (Å²) >= 11 is 0. The maximum atomic E-state index is 5.54. The molecule has 1 radical (unpaired) electrons. The fourth-order valence-corrected chi connectivity index (χ4v) is 1.06. The first-order chi connectivity index (χ1) is 6.13. The summed E-state index contributed by atoms with van der Waals surface area (Å²) in [7, 11) is 1.63. The Morgan fingerprint density at radius 2 is 1.92 bits per heavy atom. The van der Waals surface area contributed by atoms with Crippen LogP contribution in [0.5, 0.6) is 11.5 Å². The van der Waals surface area contributed by atoms with E-state index in [1.807, 2.05) is 32.0 Å². The highest BCUT2D eigenvalue weighted by atomic mass is 16.5. The number of hydrogen-bond acceptors (Lipinski definition) is 2. The first-order valence-corrected chi connectivity index (χ1v) is 4.30. The maximum absolute atomic E-state index is 5.54. The Bertz CT molecular complexity index is 279. The van der Waals surface area contributed by atoms with Crippen molar-refractivity contribution in [2.24, 2.45) is 0 Å². The average Bonchev–Trinajstić information content (AvgIpc) is 2.07. The van der Waals surface area contributed by atoms with Gasteiger partial charge in [0.15, 0.2) is 11.5 Å². The Hall–Kier alpha value is -1.18. The third kappa shape index (κ3) is 2.65. The molecular weight excluding hydrogens is 164 g/mol. The van der Waals surface area contributed by atoms with Gasteiger partial charge in [-0.15, -0.1) is 0 Å². The molecule has 0 amide bonds. The van der Waals surface area contributed by atoms with Gasteiger partial charge >= 0.3 is 0 Å². The van der Waals surface area contributed by atoms with E-state index in [-0.39, 0.29) is 6.10 Å². The molecule has 0 aliphatic carbocycles. The van der Waals surface area contributed by atoms with Crippen LogP contribution in [-0.2, 0) is 0 Å². The Kier molecular flexibility index (Phi) is 3.18. The van der Waals surface area contributed by atoms with Crippen LogP contribution in [0.25, 0.3) is 0 Å². The van der Waals surface area contributed by atoms with Crippen LogP contribution in [0.3, 0.4) is 0 Å². The van der Waals surface area contributed by atoms with E-state index in [0.29, 0.717) is 0 Å². The zero-order valence-corrected chi connectivity index (χ0v) is 8.33. The van der Waals surface area contributed by atoms with Crippen LogP contribution in [0.4, 0.5) is 0 Å². The number of hydrogen-bond donors (Lipinski definition) is 0. The number of methoxy groups -OCH3 is 1. The van der Waals surface area contributed by atoms with Gasteiger partial charge in [0.25, 0.3) is 0 Å². The lowest BCUT2D eigenvalue weighted by Crippen LogP contribution is -2.06. The van der Waals surface area contributed by atoms with Crippen molar-refractivity contribution >= 4 is 0 Å². The highest BCUT2D eigenvalue weighted by molar-refractivity contribution is 5.43. The quantitative estimate of drug-likeness (QED) is 0.710. The predicted octanol–water partition coefficient (Wildman–Crippen LogP) is 2.66. The van der Waals surface area contributed by atoms with Gasteiger partial charge < -0.3 is 9.47 Å². The first kappa shape index (κ1) is 9.90. The van der Waals surface area contributed by atoms with Gasteiger partial charge in [0.2, 0.25) is 0 Å². The standard InChI is InChI=1S/C11H15O2/c1-8(2)13-10-6-5-9(3)7-11(10)12-4/h5-8H,3H2,1-2,4H3. The van der Waals surface area contributed by atoms with Gasteiger partial charge in [0, 0.05) is 0 Å². The molecule has 0 atom stereocenters. The molecule has 0 aliphatic rings. The van der Waals surface area contributed by atoms with Crippen molar-refractivity contribution in [3.8, 4) is 11.5 Å². The van der Waals surface area contributed by atoms with Crippen LogP contribution in [-0.4, -0.2) is 13.2 Å². The third-order valence-corrected chi connectivity index (χ3v) is 1.59. The lowest BCUT2D eigenvalue weighted by atomic mass is 10.2. The molecule has 0 saturated carbocycles. The summed E-state index contributed by atoms with van der Waals surface area (Å²) in [6.45, 7) is 7.78. The van der Waals surface area contributed by atoms with E-state index in [1.54, 1.807) is 7.11 Å². The van der Waals surface area contributed by atoms with Crippen molar-refractivity contribution in [2.75, 3.05) is 7.11 Å². The normalized spacial score (nSPS) is 10.2. The van der Waals surface area contributed by atoms with Crippen molar-refractivity contribution in [1.29, 1.82) is 0 Å². The molecule has 0 aromatic heterocycles. The average molecular weight is 179 g/mol. The van der Waals surface area contributed by atoms with Crippen LogP contribution in [0.2, 0.25) is 0 Å². The summed E-state index contributed by atoms with van der Waals surface area (Å²) in [5.74, 6) is 1.51.